The van der Waals surface area contributed by atoms with Gasteiger partial charge in [0.2, 0.25) is 0 Å². The van der Waals surface area contributed by atoms with Gasteiger partial charge in [0.05, 0.1) is 0 Å². The second-order valence-electron chi connectivity index (χ2n) is 4.35. The van der Waals surface area contributed by atoms with Crippen LogP contribution >= 0.6 is 0 Å². The monoisotopic (exact) mass is 238 g/mol. The maximum absolute atomic E-state index is 4.21. The fourth-order valence-electron chi connectivity index (χ4n) is 1.95. The molecule has 0 aliphatic heterocycles. The summed E-state index contributed by atoms with van der Waals surface area (Å²) in [6.45, 7) is 13.1. The molecule has 4 heteroatoms. The Morgan fingerprint density at radius 2 is 2.12 bits per heavy atom. The molecule has 1 heterocycles. The average Bonchev–Trinajstić information content (AvgIpc) is 2.73. The van der Waals surface area contributed by atoms with Crippen LogP contribution in [0.4, 0.5) is 0 Å². The van der Waals surface area contributed by atoms with Crippen molar-refractivity contribution in [1.82, 2.24) is 19.8 Å². The van der Waals surface area contributed by atoms with Gasteiger partial charge in [-0.05, 0) is 26.4 Å². The fraction of sp³-hybridized carbons (Fsp3) is 0.769. The van der Waals surface area contributed by atoms with Crippen LogP contribution in [-0.4, -0.2) is 47.2 Å². The number of rotatable bonds is 9. The van der Waals surface area contributed by atoms with Gasteiger partial charge in [-0.1, -0.05) is 13.8 Å². The standard InChI is InChI=1S/C13H26N4/c1-4-9-16(5-2)10-6-14-7-11-17-12-8-15-13(17)3/h8,12,14H,4-7,9-11H2,1-3H3. The van der Waals surface area contributed by atoms with Crippen molar-refractivity contribution in [3.05, 3.63) is 18.2 Å². The summed E-state index contributed by atoms with van der Waals surface area (Å²) in [5.41, 5.74) is 0. The van der Waals surface area contributed by atoms with Gasteiger partial charge in [-0.15, -0.1) is 0 Å². The predicted molar refractivity (Wildman–Crippen MR) is 72.2 cm³/mol. The molecule has 0 saturated carbocycles. The molecule has 98 valence electrons. The highest BCUT2D eigenvalue weighted by molar-refractivity contribution is 4.88. The highest BCUT2D eigenvalue weighted by Crippen LogP contribution is 1.93. The summed E-state index contributed by atoms with van der Waals surface area (Å²) < 4.78 is 2.18. The van der Waals surface area contributed by atoms with Crippen molar-refractivity contribution in [2.24, 2.45) is 0 Å². The van der Waals surface area contributed by atoms with E-state index < -0.39 is 0 Å². The SMILES string of the molecule is CCCN(CC)CCNCCn1ccnc1C. The van der Waals surface area contributed by atoms with E-state index in [2.05, 4.69) is 33.6 Å². The molecule has 0 amide bonds. The molecule has 0 fully saturated rings. The zero-order valence-electron chi connectivity index (χ0n) is 11.4. The van der Waals surface area contributed by atoms with E-state index in [0.717, 1.165) is 38.5 Å². The number of nitrogens with zero attached hydrogens (tertiary/aromatic N) is 3. The van der Waals surface area contributed by atoms with Crippen LogP contribution in [-0.2, 0) is 6.54 Å². The van der Waals surface area contributed by atoms with Gasteiger partial charge >= 0.3 is 0 Å². The van der Waals surface area contributed by atoms with E-state index in [0.29, 0.717) is 0 Å². The fourth-order valence-corrected chi connectivity index (χ4v) is 1.95. The van der Waals surface area contributed by atoms with Crippen LogP contribution in [0.3, 0.4) is 0 Å². The molecule has 17 heavy (non-hydrogen) atoms. The summed E-state index contributed by atoms with van der Waals surface area (Å²) >= 11 is 0. The highest BCUT2D eigenvalue weighted by Gasteiger charge is 2.00. The van der Waals surface area contributed by atoms with Crippen LogP contribution in [0.15, 0.2) is 12.4 Å². The third kappa shape index (κ3) is 5.33. The Morgan fingerprint density at radius 1 is 1.29 bits per heavy atom. The molecule has 0 atom stereocenters. The number of aryl methyl sites for hydroxylation is 1. The summed E-state index contributed by atoms with van der Waals surface area (Å²) in [6.07, 6.45) is 5.13. The van der Waals surface area contributed by atoms with Gasteiger partial charge in [0, 0.05) is 38.6 Å². The molecule has 0 saturated heterocycles. The summed E-state index contributed by atoms with van der Waals surface area (Å²) in [5, 5.41) is 3.48. The minimum absolute atomic E-state index is 1.01. The first-order valence-electron chi connectivity index (χ1n) is 6.68. The van der Waals surface area contributed by atoms with Gasteiger partial charge in [0.1, 0.15) is 5.82 Å². The molecule has 1 aromatic heterocycles. The van der Waals surface area contributed by atoms with E-state index in [9.17, 15) is 0 Å². The second-order valence-corrected chi connectivity index (χ2v) is 4.35. The van der Waals surface area contributed by atoms with Crippen molar-refractivity contribution < 1.29 is 0 Å². The van der Waals surface area contributed by atoms with E-state index >= 15 is 0 Å². The minimum atomic E-state index is 1.01. The maximum atomic E-state index is 4.21. The molecule has 0 aliphatic rings. The number of likely N-dealkylation sites (N-methyl/N-ethyl adjacent to an activating group) is 1. The summed E-state index contributed by atoms with van der Waals surface area (Å²) in [6, 6.07) is 0. The van der Waals surface area contributed by atoms with Crippen LogP contribution in [0.25, 0.3) is 0 Å². The van der Waals surface area contributed by atoms with Gasteiger partial charge < -0.3 is 14.8 Å². The normalized spacial score (nSPS) is 11.3. The van der Waals surface area contributed by atoms with Gasteiger partial charge in [-0.25, -0.2) is 4.98 Å². The average molecular weight is 238 g/mol. The zero-order chi connectivity index (χ0) is 12.5. The van der Waals surface area contributed by atoms with E-state index in [-0.39, 0.29) is 0 Å². The van der Waals surface area contributed by atoms with Crippen molar-refractivity contribution in [3.63, 3.8) is 0 Å². The first-order chi connectivity index (χ1) is 8.27. The summed E-state index contributed by atoms with van der Waals surface area (Å²) in [7, 11) is 0. The molecular formula is C13H26N4. The van der Waals surface area contributed by atoms with Crippen LogP contribution in [0.5, 0.6) is 0 Å². The Morgan fingerprint density at radius 3 is 2.71 bits per heavy atom. The van der Waals surface area contributed by atoms with Crippen LogP contribution in [0.2, 0.25) is 0 Å². The lowest BCUT2D eigenvalue weighted by Gasteiger charge is -2.19. The molecule has 0 bridgehead atoms. The molecule has 1 aromatic rings. The van der Waals surface area contributed by atoms with Crippen molar-refractivity contribution in [2.75, 3.05) is 32.7 Å². The number of hydrogen-bond acceptors (Lipinski definition) is 3. The zero-order valence-corrected chi connectivity index (χ0v) is 11.4. The third-order valence-corrected chi connectivity index (χ3v) is 3.04. The van der Waals surface area contributed by atoms with Crippen molar-refractivity contribution >= 4 is 0 Å². The molecule has 0 aliphatic carbocycles. The number of nitrogens with one attached hydrogen (secondary N) is 1. The minimum Gasteiger partial charge on any atom is -0.334 e. The Hall–Kier alpha value is -0.870. The Bertz CT molecular complexity index is 295. The van der Waals surface area contributed by atoms with Crippen molar-refractivity contribution in [1.29, 1.82) is 0 Å². The lowest BCUT2D eigenvalue weighted by Crippen LogP contribution is -2.33. The highest BCUT2D eigenvalue weighted by atomic mass is 15.1. The lowest BCUT2D eigenvalue weighted by molar-refractivity contribution is 0.287. The number of hydrogen-bond donors (Lipinski definition) is 1. The number of imidazole rings is 1. The molecular weight excluding hydrogens is 212 g/mol. The van der Waals surface area contributed by atoms with Gasteiger partial charge in [0.25, 0.3) is 0 Å². The Kier molecular flexibility index (Phi) is 6.89. The largest absolute Gasteiger partial charge is 0.334 e. The lowest BCUT2D eigenvalue weighted by atomic mass is 10.4. The summed E-state index contributed by atoms with van der Waals surface area (Å²) in [5.74, 6) is 1.09. The second kappa shape index (κ2) is 8.25. The van der Waals surface area contributed by atoms with E-state index in [1.54, 1.807) is 0 Å². The first-order valence-corrected chi connectivity index (χ1v) is 6.68. The topological polar surface area (TPSA) is 33.1 Å². The first kappa shape index (κ1) is 14.2. The van der Waals surface area contributed by atoms with E-state index in [1.807, 2.05) is 19.3 Å². The molecule has 1 N–H and O–H groups in total. The quantitative estimate of drug-likeness (QED) is 0.662. The third-order valence-electron chi connectivity index (χ3n) is 3.04. The van der Waals surface area contributed by atoms with Gasteiger partial charge in [-0.3, -0.25) is 0 Å². The van der Waals surface area contributed by atoms with Gasteiger partial charge in [0.15, 0.2) is 0 Å². The Balaban J connectivity index is 2.06. The van der Waals surface area contributed by atoms with Crippen LogP contribution in [0, 0.1) is 6.92 Å². The van der Waals surface area contributed by atoms with Crippen LogP contribution < -0.4 is 5.32 Å². The smallest absolute Gasteiger partial charge is 0.105 e. The Labute approximate surface area is 105 Å². The van der Waals surface area contributed by atoms with E-state index in [1.165, 1.54) is 13.0 Å². The molecule has 0 aromatic carbocycles. The van der Waals surface area contributed by atoms with Crippen molar-refractivity contribution in [3.8, 4) is 0 Å². The summed E-state index contributed by atoms with van der Waals surface area (Å²) in [4.78, 5) is 6.69. The molecule has 1 rings (SSSR count). The molecule has 0 unspecified atom stereocenters. The molecule has 0 radical (unpaired) electrons. The van der Waals surface area contributed by atoms with E-state index in [4.69, 9.17) is 0 Å². The van der Waals surface area contributed by atoms with Crippen molar-refractivity contribution in [2.45, 2.75) is 33.7 Å². The molecule has 4 nitrogen and oxygen atoms in total. The predicted octanol–water partition coefficient (Wildman–Crippen LogP) is 1.51. The molecule has 0 spiro atoms. The van der Waals surface area contributed by atoms with Gasteiger partial charge in [-0.2, -0.15) is 0 Å². The van der Waals surface area contributed by atoms with Crippen LogP contribution in [0.1, 0.15) is 26.1 Å². The number of aromatic nitrogens is 2. The maximum Gasteiger partial charge on any atom is 0.105 e.